The zero-order chi connectivity index (χ0) is 31.2. The SMILES string of the molecule is CCCCC=CCCCCC(C)(C)NC(=O)NC1CCCCCC1OC(=O)CCNC(=O)C1OC(C)(C)OCC1(C)C. The molecule has 2 aliphatic rings. The number of ether oxygens (including phenoxy) is 3. The van der Waals surface area contributed by atoms with Crippen molar-refractivity contribution in [1.82, 2.24) is 16.0 Å². The molecule has 1 heterocycles. The molecular weight excluding hydrogens is 534 g/mol. The molecule has 3 atom stereocenters. The summed E-state index contributed by atoms with van der Waals surface area (Å²) in [7, 11) is 0. The van der Waals surface area contributed by atoms with Crippen LogP contribution in [0.1, 0.15) is 132 Å². The highest BCUT2D eigenvalue weighted by Crippen LogP contribution is 2.34. The minimum atomic E-state index is -0.843. The first-order valence-electron chi connectivity index (χ1n) is 16.3. The van der Waals surface area contributed by atoms with E-state index >= 15 is 0 Å². The highest BCUT2D eigenvalue weighted by molar-refractivity contribution is 5.82. The normalized spacial score (nSPS) is 24.0. The van der Waals surface area contributed by atoms with Crippen molar-refractivity contribution < 1.29 is 28.6 Å². The van der Waals surface area contributed by atoms with Crippen molar-refractivity contribution in [2.45, 2.75) is 162 Å². The summed E-state index contributed by atoms with van der Waals surface area (Å²) in [6, 6.07) is -0.463. The van der Waals surface area contributed by atoms with Crippen LogP contribution in [0, 0.1) is 5.41 Å². The second kappa shape index (κ2) is 17.2. The molecular formula is C33H59N3O6. The number of hydrogen-bond donors (Lipinski definition) is 3. The van der Waals surface area contributed by atoms with E-state index in [4.69, 9.17) is 14.2 Å². The summed E-state index contributed by atoms with van der Waals surface area (Å²) in [6.45, 7) is 14.3. The van der Waals surface area contributed by atoms with Gasteiger partial charge in [0.2, 0.25) is 5.91 Å². The van der Waals surface area contributed by atoms with Gasteiger partial charge in [0.15, 0.2) is 5.79 Å². The lowest BCUT2D eigenvalue weighted by Gasteiger charge is -2.44. The molecule has 1 aliphatic carbocycles. The average molecular weight is 594 g/mol. The van der Waals surface area contributed by atoms with Crippen LogP contribution in [0.2, 0.25) is 0 Å². The van der Waals surface area contributed by atoms with Crippen molar-refractivity contribution in [1.29, 1.82) is 0 Å². The van der Waals surface area contributed by atoms with Gasteiger partial charge in [-0.25, -0.2) is 4.79 Å². The fourth-order valence-electron chi connectivity index (χ4n) is 5.47. The first-order chi connectivity index (χ1) is 19.7. The molecule has 3 unspecified atom stereocenters. The minimum Gasteiger partial charge on any atom is -0.460 e. The number of hydrogen-bond acceptors (Lipinski definition) is 6. The molecule has 242 valence electrons. The van der Waals surface area contributed by atoms with Crippen LogP contribution in [0.3, 0.4) is 0 Å². The second-order valence-electron chi connectivity index (χ2n) is 13.8. The molecule has 3 amide bonds. The number of rotatable bonds is 15. The van der Waals surface area contributed by atoms with Crippen molar-refractivity contribution in [3.8, 4) is 0 Å². The molecule has 0 aromatic rings. The Morgan fingerprint density at radius 2 is 1.67 bits per heavy atom. The lowest BCUT2D eigenvalue weighted by molar-refractivity contribution is -0.304. The van der Waals surface area contributed by atoms with E-state index in [0.29, 0.717) is 13.0 Å². The minimum absolute atomic E-state index is 0.0506. The smallest absolute Gasteiger partial charge is 0.315 e. The third-order valence-corrected chi connectivity index (χ3v) is 8.09. The molecule has 2 rings (SSSR count). The fourth-order valence-corrected chi connectivity index (χ4v) is 5.47. The van der Waals surface area contributed by atoms with Crippen LogP contribution in [0.4, 0.5) is 4.79 Å². The van der Waals surface area contributed by atoms with E-state index in [1.54, 1.807) is 13.8 Å². The lowest BCUT2D eigenvalue weighted by Crippen LogP contribution is -2.56. The largest absolute Gasteiger partial charge is 0.460 e. The van der Waals surface area contributed by atoms with Gasteiger partial charge >= 0.3 is 12.0 Å². The molecule has 9 nitrogen and oxygen atoms in total. The molecule has 0 aromatic carbocycles. The van der Waals surface area contributed by atoms with Gasteiger partial charge in [0.05, 0.1) is 19.1 Å². The number of carbonyl (C=O) groups is 3. The van der Waals surface area contributed by atoms with Crippen LogP contribution in [0.25, 0.3) is 0 Å². The summed E-state index contributed by atoms with van der Waals surface area (Å²) >= 11 is 0. The van der Waals surface area contributed by atoms with E-state index in [2.05, 4.69) is 48.9 Å². The molecule has 1 aliphatic heterocycles. The van der Waals surface area contributed by atoms with Crippen molar-refractivity contribution >= 4 is 17.9 Å². The van der Waals surface area contributed by atoms with Gasteiger partial charge in [0.1, 0.15) is 12.2 Å². The van der Waals surface area contributed by atoms with Crippen molar-refractivity contribution in [2.24, 2.45) is 5.41 Å². The van der Waals surface area contributed by atoms with E-state index in [1.807, 2.05) is 13.8 Å². The Morgan fingerprint density at radius 3 is 2.38 bits per heavy atom. The maximum atomic E-state index is 13.0. The van der Waals surface area contributed by atoms with Gasteiger partial charge in [-0.2, -0.15) is 0 Å². The third kappa shape index (κ3) is 13.4. The number of unbranched alkanes of at least 4 members (excludes halogenated alkanes) is 4. The van der Waals surface area contributed by atoms with Gasteiger partial charge in [-0.05, 0) is 72.6 Å². The van der Waals surface area contributed by atoms with Crippen molar-refractivity contribution in [3.05, 3.63) is 12.2 Å². The quantitative estimate of drug-likeness (QED) is 0.0889. The Kier molecular flexibility index (Phi) is 14.8. The summed E-state index contributed by atoms with van der Waals surface area (Å²) in [5.74, 6) is -1.49. The van der Waals surface area contributed by atoms with Crippen LogP contribution in [-0.2, 0) is 23.8 Å². The molecule has 1 saturated heterocycles. The first kappa shape index (κ1) is 36.1. The predicted molar refractivity (Wildman–Crippen MR) is 166 cm³/mol. The number of urea groups is 1. The second-order valence-corrected chi connectivity index (χ2v) is 13.8. The zero-order valence-electron chi connectivity index (χ0n) is 27.4. The summed E-state index contributed by atoms with van der Waals surface area (Å²) in [5, 5.41) is 9.06. The number of carbonyl (C=O) groups excluding carboxylic acids is 3. The van der Waals surface area contributed by atoms with Crippen LogP contribution in [0.15, 0.2) is 12.2 Å². The summed E-state index contributed by atoms with van der Waals surface area (Å²) in [5.41, 5.74) is -0.817. The Morgan fingerprint density at radius 1 is 0.976 bits per heavy atom. The van der Waals surface area contributed by atoms with E-state index in [0.717, 1.165) is 57.8 Å². The lowest BCUT2D eigenvalue weighted by atomic mass is 9.85. The molecule has 3 N–H and O–H groups in total. The molecule has 0 aromatic heterocycles. The standard InChI is InChI=1S/C33H59N3O6/c1-8-9-10-11-12-13-14-18-22-32(4,5)36-30(39)35-25-19-16-15-17-20-26(25)41-27(37)21-23-34-29(38)28-31(2,3)24-40-33(6,7)42-28/h11-12,25-26,28H,8-10,13-24H2,1-7H3,(H,34,38)(H2,35,36,39). The summed E-state index contributed by atoms with van der Waals surface area (Å²) < 4.78 is 17.4. The van der Waals surface area contributed by atoms with Crippen LogP contribution in [-0.4, -0.2) is 60.6 Å². The Labute approximate surface area is 254 Å². The number of amides is 3. The van der Waals surface area contributed by atoms with Crippen LogP contribution in [0.5, 0.6) is 0 Å². The molecule has 2 fully saturated rings. The zero-order valence-corrected chi connectivity index (χ0v) is 27.4. The van der Waals surface area contributed by atoms with E-state index in [9.17, 15) is 14.4 Å². The van der Waals surface area contributed by atoms with Crippen LogP contribution < -0.4 is 16.0 Å². The average Bonchev–Trinajstić information content (AvgIpc) is 3.11. The monoisotopic (exact) mass is 593 g/mol. The van der Waals surface area contributed by atoms with Gasteiger partial charge in [0, 0.05) is 17.5 Å². The Bertz CT molecular complexity index is 885. The van der Waals surface area contributed by atoms with Crippen LogP contribution >= 0.6 is 0 Å². The molecule has 0 radical (unpaired) electrons. The summed E-state index contributed by atoms with van der Waals surface area (Å²) in [4.78, 5) is 38.6. The Hall–Kier alpha value is -2.13. The first-order valence-corrected chi connectivity index (χ1v) is 16.3. The van der Waals surface area contributed by atoms with Gasteiger partial charge in [-0.3, -0.25) is 9.59 Å². The molecule has 9 heteroatoms. The van der Waals surface area contributed by atoms with Gasteiger partial charge < -0.3 is 30.2 Å². The highest BCUT2D eigenvalue weighted by atomic mass is 16.7. The highest BCUT2D eigenvalue weighted by Gasteiger charge is 2.45. The fraction of sp³-hybridized carbons (Fsp3) is 0.848. The number of allylic oxidation sites excluding steroid dienone is 2. The van der Waals surface area contributed by atoms with Crippen molar-refractivity contribution in [2.75, 3.05) is 13.2 Å². The van der Waals surface area contributed by atoms with E-state index in [-0.39, 0.29) is 48.6 Å². The summed E-state index contributed by atoms with van der Waals surface area (Å²) in [6.07, 6.45) is 15.7. The topological polar surface area (TPSA) is 115 Å². The van der Waals surface area contributed by atoms with Crippen molar-refractivity contribution in [3.63, 3.8) is 0 Å². The van der Waals surface area contributed by atoms with E-state index in [1.165, 1.54) is 12.8 Å². The van der Waals surface area contributed by atoms with E-state index < -0.39 is 17.3 Å². The Balaban J connectivity index is 1.78. The molecule has 0 spiro atoms. The molecule has 0 bridgehead atoms. The van der Waals surface area contributed by atoms with Gasteiger partial charge in [0.25, 0.3) is 0 Å². The van der Waals surface area contributed by atoms with Gasteiger partial charge in [-0.15, -0.1) is 0 Å². The number of esters is 1. The third-order valence-electron chi connectivity index (χ3n) is 8.09. The molecule has 1 saturated carbocycles. The predicted octanol–water partition coefficient (Wildman–Crippen LogP) is 6.30. The number of nitrogens with one attached hydrogen (secondary N) is 3. The molecule has 42 heavy (non-hydrogen) atoms. The van der Waals surface area contributed by atoms with Gasteiger partial charge in [-0.1, -0.05) is 65.0 Å². The maximum Gasteiger partial charge on any atom is 0.315 e. The maximum absolute atomic E-state index is 13.0.